The van der Waals surface area contributed by atoms with E-state index in [1.807, 2.05) is 34.9 Å². The van der Waals surface area contributed by atoms with E-state index in [1.54, 1.807) is 12.3 Å². The fourth-order valence-corrected chi connectivity index (χ4v) is 4.50. The van der Waals surface area contributed by atoms with Gasteiger partial charge in [0.2, 0.25) is 5.71 Å². The molecule has 0 aliphatic rings. The third kappa shape index (κ3) is 5.66. The smallest absolute Gasteiger partial charge is 0.265 e. The average molecular weight is 523 g/mol. The van der Waals surface area contributed by atoms with Crippen molar-refractivity contribution in [3.05, 3.63) is 98.7 Å². The number of nitrogens with zero attached hydrogens (tertiary/aromatic N) is 4. The third-order valence-corrected chi connectivity index (χ3v) is 6.58. The van der Waals surface area contributed by atoms with Crippen LogP contribution in [0.15, 0.2) is 80.6 Å². The van der Waals surface area contributed by atoms with E-state index in [0.717, 1.165) is 41.9 Å². The fraction of sp³-hybridized carbons (Fsp3) is 0.333. The number of furan rings is 1. The minimum atomic E-state index is -0.0627. The van der Waals surface area contributed by atoms with Crippen molar-refractivity contribution in [3.8, 4) is 0 Å². The van der Waals surface area contributed by atoms with Crippen LogP contribution in [-0.2, 0) is 13.1 Å². The first-order chi connectivity index (χ1) is 16.5. The predicted molar refractivity (Wildman–Crippen MR) is 140 cm³/mol. The van der Waals surface area contributed by atoms with Gasteiger partial charge in [-0.15, -0.1) is 0 Å². The van der Waals surface area contributed by atoms with Gasteiger partial charge in [-0.05, 0) is 49.8 Å². The van der Waals surface area contributed by atoms with Crippen molar-refractivity contribution < 1.29 is 4.42 Å². The summed E-state index contributed by atoms with van der Waals surface area (Å²) in [5, 5.41) is 0.516. The molecule has 0 radical (unpaired) electrons. The second kappa shape index (κ2) is 11.1. The SMILES string of the molecule is CCC(c1nc2occc2c(=O)n1Cc1ccccc1)N(CCN(C)C)Cc1ccc(Br)cc1. The van der Waals surface area contributed by atoms with E-state index in [4.69, 9.17) is 9.40 Å². The molecule has 0 saturated heterocycles. The van der Waals surface area contributed by atoms with E-state index in [9.17, 15) is 4.79 Å². The number of fused-ring (bicyclic) bond motifs is 1. The molecule has 0 spiro atoms. The van der Waals surface area contributed by atoms with Gasteiger partial charge in [-0.1, -0.05) is 65.3 Å². The van der Waals surface area contributed by atoms with Crippen LogP contribution in [0.5, 0.6) is 0 Å². The van der Waals surface area contributed by atoms with Crippen molar-refractivity contribution in [2.75, 3.05) is 27.2 Å². The number of aromatic nitrogens is 2. The monoisotopic (exact) mass is 522 g/mol. The predicted octanol–water partition coefficient (Wildman–Crippen LogP) is 5.32. The van der Waals surface area contributed by atoms with Crippen LogP contribution in [0.1, 0.15) is 36.3 Å². The Morgan fingerprint density at radius 2 is 1.74 bits per heavy atom. The van der Waals surface area contributed by atoms with Crippen LogP contribution in [0.25, 0.3) is 11.1 Å². The van der Waals surface area contributed by atoms with Crippen LogP contribution in [0.4, 0.5) is 0 Å². The van der Waals surface area contributed by atoms with E-state index < -0.39 is 0 Å². The number of likely N-dealkylation sites (N-methyl/N-ethyl adjacent to an activating group) is 1. The molecule has 2 aromatic heterocycles. The lowest BCUT2D eigenvalue weighted by Crippen LogP contribution is -2.38. The highest BCUT2D eigenvalue weighted by Crippen LogP contribution is 2.27. The Morgan fingerprint density at radius 1 is 1.00 bits per heavy atom. The van der Waals surface area contributed by atoms with Gasteiger partial charge < -0.3 is 9.32 Å². The standard InChI is InChI=1S/C27H31BrN4O2/c1-4-24(31(16-15-30(2)3)18-21-10-12-22(28)13-11-21)25-29-26-23(14-17-34-26)27(33)32(25)19-20-8-6-5-7-9-20/h5-14,17,24H,4,15-16,18-19H2,1-3H3. The highest BCUT2D eigenvalue weighted by Gasteiger charge is 2.26. The van der Waals surface area contributed by atoms with Gasteiger partial charge >= 0.3 is 0 Å². The maximum Gasteiger partial charge on any atom is 0.265 e. The van der Waals surface area contributed by atoms with Gasteiger partial charge in [-0.3, -0.25) is 14.3 Å². The zero-order valence-electron chi connectivity index (χ0n) is 19.9. The topological polar surface area (TPSA) is 54.5 Å². The molecule has 4 rings (SSSR count). The Bertz CT molecular complexity index is 1270. The molecule has 0 aliphatic heterocycles. The van der Waals surface area contributed by atoms with Gasteiger partial charge in [-0.25, -0.2) is 0 Å². The molecule has 0 bridgehead atoms. The van der Waals surface area contributed by atoms with Crippen LogP contribution < -0.4 is 5.56 Å². The summed E-state index contributed by atoms with van der Waals surface area (Å²) in [5.41, 5.74) is 2.63. The summed E-state index contributed by atoms with van der Waals surface area (Å²) in [6.07, 6.45) is 2.36. The Kier molecular flexibility index (Phi) is 7.98. The normalized spacial score (nSPS) is 12.6. The molecule has 0 fully saturated rings. The maximum absolute atomic E-state index is 13.6. The number of rotatable bonds is 10. The molecular formula is C27H31BrN4O2. The van der Waals surface area contributed by atoms with E-state index in [2.05, 4.69) is 71.0 Å². The van der Waals surface area contributed by atoms with E-state index in [-0.39, 0.29) is 11.6 Å². The van der Waals surface area contributed by atoms with Gasteiger partial charge in [0.1, 0.15) is 11.2 Å². The quantitative estimate of drug-likeness (QED) is 0.282. The third-order valence-electron chi connectivity index (χ3n) is 6.06. The largest absolute Gasteiger partial charge is 0.446 e. The van der Waals surface area contributed by atoms with Crippen molar-refractivity contribution >= 4 is 27.0 Å². The fourth-order valence-electron chi connectivity index (χ4n) is 4.24. The number of hydrogen-bond acceptors (Lipinski definition) is 5. The molecule has 4 aromatic rings. The Labute approximate surface area is 209 Å². The van der Waals surface area contributed by atoms with Crippen LogP contribution in [0.2, 0.25) is 0 Å². The molecule has 0 saturated carbocycles. The molecule has 7 heteroatoms. The number of benzene rings is 2. The molecule has 2 aromatic carbocycles. The molecule has 0 N–H and O–H groups in total. The molecule has 178 valence electrons. The molecule has 1 atom stereocenters. The average Bonchev–Trinajstić information content (AvgIpc) is 3.31. The lowest BCUT2D eigenvalue weighted by atomic mass is 10.1. The van der Waals surface area contributed by atoms with Gasteiger partial charge in [0, 0.05) is 24.1 Å². The summed E-state index contributed by atoms with van der Waals surface area (Å²) < 4.78 is 8.48. The summed E-state index contributed by atoms with van der Waals surface area (Å²) in [4.78, 5) is 23.1. The van der Waals surface area contributed by atoms with Crippen molar-refractivity contribution in [3.63, 3.8) is 0 Å². The zero-order valence-corrected chi connectivity index (χ0v) is 21.5. The molecule has 1 unspecified atom stereocenters. The van der Waals surface area contributed by atoms with Crippen LogP contribution >= 0.6 is 15.9 Å². The first-order valence-electron chi connectivity index (χ1n) is 11.6. The van der Waals surface area contributed by atoms with E-state index in [0.29, 0.717) is 17.6 Å². The highest BCUT2D eigenvalue weighted by molar-refractivity contribution is 9.10. The first kappa shape index (κ1) is 24.4. The molecule has 34 heavy (non-hydrogen) atoms. The van der Waals surface area contributed by atoms with Gasteiger partial charge in [0.05, 0.1) is 18.8 Å². The van der Waals surface area contributed by atoms with Crippen molar-refractivity contribution in [2.45, 2.75) is 32.5 Å². The minimum absolute atomic E-state index is 0.0468. The second-order valence-corrected chi connectivity index (χ2v) is 9.73. The lowest BCUT2D eigenvalue weighted by Gasteiger charge is -2.33. The lowest BCUT2D eigenvalue weighted by molar-refractivity contribution is 0.155. The van der Waals surface area contributed by atoms with Crippen molar-refractivity contribution in [1.29, 1.82) is 0 Å². The highest BCUT2D eigenvalue weighted by atomic mass is 79.9. The molecule has 0 amide bonds. The zero-order chi connectivity index (χ0) is 24.1. The minimum Gasteiger partial charge on any atom is -0.446 e. The molecule has 0 aliphatic carbocycles. The van der Waals surface area contributed by atoms with E-state index >= 15 is 0 Å². The Balaban J connectivity index is 1.79. The number of halogens is 1. The molecule has 6 nitrogen and oxygen atoms in total. The molecular weight excluding hydrogens is 492 g/mol. The summed E-state index contributed by atoms with van der Waals surface area (Å²) in [6.45, 7) is 5.13. The Hall–Kier alpha value is -2.74. The summed E-state index contributed by atoms with van der Waals surface area (Å²) in [7, 11) is 4.16. The van der Waals surface area contributed by atoms with Gasteiger partial charge in [-0.2, -0.15) is 4.98 Å². The first-order valence-corrected chi connectivity index (χ1v) is 12.4. The van der Waals surface area contributed by atoms with E-state index in [1.165, 1.54) is 5.56 Å². The van der Waals surface area contributed by atoms with Crippen LogP contribution in [0.3, 0.4) is 0 Å². The number of hydrogen-bond donors (Lipinski definition) is 0. The summed E-state index contributed by atoms with van der Waals surface area (Å²) in [6, 6.07) is 20.1. The van der Waals surface area contributed by atoms with Crippen molar-refractivity contribution in [2.24, 2.45) is 0 Å². The van der Waals surface area contributed by atoms with Gasteiger partial charge in [0.25, 0.3) is 5.56 Å². The van der Waals surface area contributed by atoms with Crippen LogP contribution in [-0.4, -0.2) is 46.5 Å². The summed E-state index contributed by atoms with van der Waals surface area (Å²) in [5.74, 6) is 0.745. The Morgan fingerprint density at radius 3 is 2.41 bits per heavy atom. The maximum atomic E-state index is 13.6. The second-order valence-electron chi connectivity index (χ2n) is 8.81. The summed E-state index contributed by atoms with van der Waals surface area (Å²) >= 11 is 3.53. The van der Waals surface area contributed by atoms with Crippen molar-refractivity contribution in [1.82, 2.24) is 19.4 Å². The van der Waals surface area contributed by atoms with Crippen LogP contribution in [0, 0.1) is 0 Å². The van der Waals surface area contributed by atoms with Gasteiger partial charge in [0.15, 0.2) is 0 Å². The molecule has 2 heterocycles.